The van der Waals surface area contributed by atoms with Crippen molar-refractivity contribution in [2.24, 2.45) is 0 Å². The first-order chi connectivity index (χ1) is 22.0. The molecule has 1 unspecified atom stereocenters. The van der Waals surface area contributed by atoms with E-state index in [-0.39, 0.29) is 5.91 Å². The third kappa shape index (κ3) is 6.03. The van der Waals surface area contributed by atoms with Gasteiger partial charge in [-0.2, -0.15) is 4.98 Å². The molecule has 1 aromatic heterocycles. The van der Waals surface area contributed by atoms with Crippen LogP contribution < -0.4 is 29.6 Å². The molecule has 0 radical (unpaired) electrons. The highest BCUT2D eigenvalue weighted by Gasteiger charge is 2.35. The first-order valence-electron chi connectivity index (χ1n) is 14.4. The fourth-order valence-electron chi connectivity index (χ4n) is 5.28. The Kier molecular flexibility index (Phi) is 8.37. The number of ether oxygens (including phenoxy) is 4. The molecule has 0 spiro atoms. The first-order valence-corrected chi connectivity index (χ1v) is 14.4. The van der Waals surface area contributed by atoms with E-state index >= 15 is 0 Å². The maximum Gasteiger partial charge on any atom is 0.255 e. The smallest absolute Gasteiger partial charge is 0.255 e. The van der Waals surface area contributed by atoms with Gasteiger partial charge in [-0.1, -0.05) is 54.6 Å². The number of benzene rings is 4. The highest BCUT2D eigenvalue weighted by atomic mass is 16.5. The molecule has 2 heterocycles. The fraction of sp³-hybridized carbons (Fsp3) is 0.171. The van der Waals surface area contributed by atoms with Gasteiger partial charge < -0.3 is 29.6 Å². The lowest BCUT2D eigenvalue weighted by Gasteiger charge is -2.29. The van der Waals surface area contributed by atoms with Crippen LogP contribution in [0.1, 0.15) is 24.1 Å². The number of hydrogen-bond acceptors (Lipinski definition) is 8. The van der Waals surface area contributed by atoms with Crippen molar-refractivity contribution in [1.29, 1.82) is 0 Å². The van der Waals surface area contributed by atoms with Crippen LogP contribution in [0.25, 0.3) is 11.4 Å². The second-order valence-electron chi connectivity index (χ2n) is 10.3. The highest BCUT2D eigenvalue weighted by Crippen LogP contribution is 2.41. The number of carbonyl (C=O) groups is 1. The van der Waals surface area contributed by atoms with E-state index in [2.05, 4.69) is 10.6 Å². The monoisotopic (exact) mass is 603 g/mol. The summed E-state index contributed by atoms with van der Waals surface area (Å²) in [6.07, 6.45) is 0. The highest BCUT2D eigenvalue weighted by molar-refractivity contribution is 6.06. The molecular weight excluding hydrogens is 570 g/mol. The lowest BCUT2D eigenvalue weighted by molar-refractivity contribution is -0.113. The van der Waals surface area contributed by atoms with Crippen molar-refractivity contribution in [2.75, 3.05) is 32.0 Å². The van der Waals surface area contributed by atoms with E-state index in [1.165, 1.54) is 0 Å². The van der Waals surface area contributed by atoms with Gasteiger partial charge in [-0.3, -0.25) is 4.79 Å². The van der Waals surface area contributed by atoms with Gasteiger partial charge in [0.2, 0.25) is 5.95 Å². The van der Waals surface area contributed by atoms with Gasteiger partial charge in [0, 0.05) is 16.9 Å². The minimum absolute atomic E-state index is 0.270. The summed E-state index contributed by atoms with van der Waals surface area (Å²) in [4.78, 5) is 18.7. The van der Waals surface area contributed by atoms with Gasteiger partial charge in [-0.15, -0.1) is 5.10 Å². The lowest BCUT2D eigenvalue weighted by atomic mass is 9.94. The SMILES string of the molecule is COc1ccc(-c2nc3n(n2)C(c2ccc(OCc4ccccc4)c(OC)c2)C(C(=O)Nc2ccccc2)=C(C)N3)cc1OC. The summed E-state index contributed by atoms with van der Waals surface area (Å²) in [5.41, 5.74) is 4.34. The van der Waals surface area contributed by atoms with Crippen LogP contribution in [0.4, 0.5) is 11.6 Å². The number of allylic oxidation sites excluding steroid dienone is 1. The molecular formula is C35H33N5O5. The van der Waals surface area contributed by atoms with Crippen molar-refractivity contribution in [2.45, 2.75) is 19.6 Å². The molecule has 1 amide bonds. The van der Waals surface area contributed by atoms with Crippen LogP contribution in [0.5, 0.6) is 23.0 Å². The van der Waals surface area contributed by atoms with E-state index in [0.29, 0.717) is 58.3 Å². The minimum atomic E-state index is -0.636. The average Bonchev–Trinajstić information content (AvgIpc) is 3.50. The Bertz CT molecular complexity index is 1850. The number of methoxy groups -OCH3 is 3. The van der Waals surface area contributed by atoms with Crippen LogP contribution in [0.15, 0.2) is 108 Å². The average molecular weight is 604 g/mol. The molecule has 228 valence electrons. The largest absolute Gasteiger partial charge is 0.493 e. The number of carbonyl (C=O) groups excluding carboxylic acids is 1. The molecule has 0 saturated carbocycles. The number of fused-ring (bicyclic) bond motifs is 1. The molecule has 0 aliphatic carbocycles. The maximum atomic E-state index is 13.9. The molecule has 1 atom stereocenters. The molecule has 0 saturated heterocycles. The van der Waals surface area contributed by atoms with Gasteiger partial charge in [0.1, 0.15) is 12.6 Å². The lowest BCUT2D eigenvalue weighted by Crippen LogP contribution is -2.31. The van der Waals surface area contributed by atoms with Gasteiger partial charge >= 0.3 is 0 Å². The van der Waals surface area contributed by atoms with Crippen molar-refractivity contribution < 1.29 is 23.7 Å². The molecule has 4 aromatic carbocycles. The summed E-state index contributed by atoms with van der Waals surface area (Å²) >= 11 is 0. The zero-order chi connectivity index (χ0) is 31.3. The predicted octanol–water partition coefficient (Wildman–Crippen LogP) is 6.48. The summed E-state index contributed by atoms with van der Waals surface area (Å²) in [7, 11) is 4.76. The van der Waals surface area contributed by atoms with Crippen LogP contribution >= 0.6 is 0 Å². The summed E-state index contributed by atoms with van der Waals surface area (Å²) < 4.78 is 24.5. The second-order valence-corrected chi connectivity index (χ2v) is 10.3. The first kappa shape index (κ1) is 29.3. The molecule has 1 aliphatic heterocycles. The van der Waals surface area contributed by atoms with Crippen molar-refractivity contribution in [3.05, 3.63) is 119 Å². The number of rotatable bonds is 10. The number of nitrogens with zero attached hydrogens (tertiary/aromatic N) is 3. The summed E-state index contributed by atoms with van der Waals surface area (Å²) in [5, 5.41) is 11.2. The van der Waals surface area contributed by atoms with Crippen molar-refractivity contribution in [3.63, 3.8) is 0 Å². The molecule has 5 aromatic rings. The Morgan fingerprint density at radius 2 is 1.49 bits per heavy atom. The summed E-state index contributed by atoms with van der Waals surface area (Å²) in [6.45, 7) is 2.24. The van der Waals surface area contributed by atoms with E-state index in [9.17, 15) is 4.79 Å². The van der Waals surface area contributed by atoms with Crippen LogP contribution in [0, 0.1) is 0 Å². The number of anilines is 2. The van der Waals surface area contributed by atoms with Gasteiger partial charge in [0.25, 0.3) is 5.91 Å². The normalized spacial score (nSPS) is 13.8. The molecule has 6 rings (SSSR count). The van der Waals surface area contributed by atoms with E-state index in [1.54, 1.807) is 32.1 Å². The minimum Gasteiger partial charge on any atom is -0.493 e. The number of para-hydroxylation sites is 1. The van der Waals surface area contributed by atoms with Gasteiger partial charge in [0.05, 0.1) is 26.9 Å². The predicted molar refractivity (Wildman–Crippen MR) is 172 cm³/mol. The molecule has 1 aliphatic rings. The quantitative estimate of drug-likeness (QED) is 0.187. The van der Waals surface area contributed by atoms with Gasteiger partial charge in [-0.25, -0.2) is 4.68 Å². The van der Waals surface area contributed by atoms with Crippen molar-refractivity contribution in [3.8, 4) is 34.4 Å². The van der Waals surface area contributed by atoms with E-state index in [0.717, 1.165) is 16.7 Å². The van der Waals surface area contributed by atoms with Crippen molar-refractivity contribution in [1.82, 2.24) is 14.8 Å². The van der Waals surface area contributed by atoms with Gasteiger partial charge in [0.15, 0.2) is 28.8 Å². The Labute approximate surface area is 261 Å². The van der Waals surface area contributed by atoms with Crippen LogP contribution in [0.2, 0.25) is 0 Å². The molecule has 10 heteroatoms. The zero-order valence-corrected chi connectivity index (χ0v) is 25.4. The topological polar surface area (TPSA) is 109 Å². The van der Waals surface area contributed by atoms with Crippen LogP contribution in [-0.4, -0.2) is 42.0 Å². The standard InChI is InChI=1S/C35H33N5O5/c1-22-31(34(41)37-26-13-9-6-10-14-26)32(24-15-18-28(30(19-24)44-4)45-21-23-11-7-5-8-12-23)40-35(36-22)38-33(39-40)25-16-17-27(42-2)29(20-25)43-3/h5-20,32H,21H2,1-4H3,(H,37,41)(H,36,38,39). The van der Waals surface area contributed by atoms with Crippen molar-refractivity contribution >= 4 is 17.5 Å². The third-order valence-corrected chi connectivity index (χ3v) is 7.51. The fourth-order valence-corrected chi connectivity index (χ4v) is 5.28. The second kappa shape index (κ2) is 12.8. The number of nitrogens with one attached hydrogen (secondary N) is 2. The zero-order valence-electron chi connectivity index (χ0n) is 25.4. The molecule has 2 N–H and O–H groups in total. The van der Waals surface area contributed by atoms with Crippen LogP contribution in [-0.2, 0) is 11.4 Å². The number of amides is 1. The molecule has 0 bridgehead atoms. The summed E-state index contributed by atoms with van der Waals surface area (Å²) in [6, 6.07) is 29.8. The van der Waals surface area contributed by atoms with E-state index in [1.807, 2.05) is 97.9 Å². The van der Waals surface area contributed by atoms with E-state index in [4.69, 9.17) is 29.0 Å². The number of hydrogen-bond donors (Lipinski definition) is 2. The number of aromatic nitrogens is 3. The molecule has 45 heavy (non-hydrogen) atoms. The van der Waals surface area contributed by atoms with Gasteiger partial charge in [-0.05, 0) is 60.5 Å². The molecule has 10 nitrogen and oxygen atoms in total. The maximum absolute atomic E-state index is 13.9. The Balaban J connectivity index is 1.41. The Morgan fingerprint density at radius 3 is 2.20 bits per heavy atom. The Morgan fingerprint density at radius 1 is 0.822 bits per heavy atom. The summed E-state index contributed by atoms with van der Waals surface area (Å²) in [5.74, 6) is 2.94. The molecule has 0 fully saturated rings. The van der Waals surface area contributed by atoms with Crippen LogP contribution in [0.3, 0.4) is 0 Å². The third-order valence-electron chi connectivity index (χ3n) is 7.51. The Hall–Kier alpha value is -5.77. The van der Waals surface area contributed by atoms with E-state index < -0.39 is 6.04 Å².